The molecule has 0 fully saturated rings. The first-order chi connectivity index (χ1) is 11.0. The van der Waals surface area contributed by atoms with E-state index in [2.05, 4.69) is 5.32 Å². The van der Waals surface area contributed by atoms with E-state index in [-0.39, 0.29) is 24.1 Å². The predicted octanol–water partition coefficient (Wildman–Crippen LogP) is 4.30. The zero-order valence-corrected chi connectivity index (χ0v) is 14.1. The number of rotatable bonds is 4. The summed E-state index contributed by atoms with van der Waals surface area (Å²) in [6.07, 6.45) is 0. The Morgan fingerprint density at radius 1 is 1.22 bits per heavy atom. The van der Waals surface area contributed by atoms with Crippen molar-refractivity contribution in [1.82, 2.24) is 0 Å². The third kappa shape index (κ3) is 3.63. The first-order valence-corrected chi connectivity index (χ1v) is 8.45. The van der Waals surface area contributed by atoms with Gasteiger partial charge in [-0.1, -0.05) is 29.3 Å². The molecular weight excluding hydrogens is 357 g/mol. The number of carbonyl (C=O) groups excluding carboxylic acids is 2. The van der Waals surface area contributed by atoms with E-state index in [1.807, 2.05) is 0 Å². The number of carbonyl (C=O) groups is 2. The molecule has 3 rings (SSSR count). The van der Waals surface area contributed by atoms with Gasteiger partial charge in [0, 0.05) is 10.5 Å². The molecule has 23 heavy (non-hydrogen) atoms. The first-order valence-electron chi connectivity index (χ1n) is 6.71. The fourth-order valence-electron chi connectivity index (χ4n) is 2.10. The average Bonchev–Trinajstić information content (AvgIpc) is 2.53. The molecule has 0 spiro atoms. The molecule has 1 aliphatic heterocycles. The predicted molar refractivity (Wildman–Crippen MR) is 92.1 cm³/mol. The van der Waals surface area contributed by atoms with E-state index < -0.39 is 0 Å². The third-order valence-electron chi connectivity index (χ3n) is 3.20. The van der Waals surface area contributed by atoms with Crippen LogP contribution in [0.3, 0.4) is 0 Å². The summed E-state index contributed by atoms with van der Waals surface area (Å²) in [5.74, 6) is 0.424. The Balaban J connectivity index is 1.74. The summed E-state index contributed by atoms with van der Waals surface area (Å²) in [7, 11) is 0. The minimum Gasteiger partial charge on any atom is -0.482 e. The number of halogens is 2. The molecule has 0 atom stereocenters. The molecule has 0 saturated carbocycles. The van der Waals surface area contributed by atoms with Crippen molar-refractivity contribution in [2.24, 2.45) is 0 Å². The van der Waals surface area contributed by atoms with Gasteiger partial charge in [-0.25, -0.2) is 0 Å². The van der Waals surface area contributed by atoms with Crippen LogP contribution in [0.25, 0.3) is 0 Å². The SMILES string of the molecule is O=C1COc2ccc(C(=O)CSc3c(Cl)cccc3Cl)cc2N1. The van der Waals surface area contributed by atoms with Gasteiger partial charge in [-0.3, -0.25) is 9.59 Å². The molecule has 1 N–H and O–H groups in total. The Kier molecular flexibility index (Phi) is 4.80. The highest BCUT2D eigenvalue weighted by Crippen LogP contribution is 2.35. The van der Waals surface area contributed by atoms with Gasteiger partial charge in [-0.15, -0.1) is 11.8 Å². The van der Waals surface area contributed by atoms with Crippen molar-refractivity contribution in [2.45, 2.75) is 4.90 Å². The van der Waals surface area contributed by atoms with E-state index >= 15 is 0 Å². The van der Waals surface area contributed by atoms with Crippen molar-refractivity contribution in [3.8, 4) is 5.75 Å². The van der Waals surface area contributed by atoms with Crippen molar-refractivity contribution in [2.75, 3.05) is 17.7 Å². The summed E-state index contributed by atoms with van der Waals surface area (Å²) in [6, 6.07) is 10.2. The highest BCUT2D eigenvalue weighted by atomic mass is 35.5. The van der Waals surface area contributed by atoms with Gasteiger partial charge in [-0.05, 0) is 30.3 Å². The Labute approximate surface area is 147 Å². The molecular formula is C16H11Cl2NO3S. The number of nitrogens with one attached hydrogen (secondary N) is 1. The number of fused-ring (bicyclic) bond motifs is 1. The van der Waals surface area contributed by atoms with Gasteiger partial charge in [0.15, 0.2) is 12.4 Å². The summed E-state index contributed by atoms with van der Waals surface area (Å²) in [5.41, 5.74) is 0.998. The fraction of sp³-hybridized carbons (Fsp3) is 0.125. The van der Waals surface area contributed by atoms with Gasteiger partial charge in [0.25, 0.3) is 5.91 Å². The van der Waals surface area contributed by atoms with Crippen LogP contribution in [0.2, 0.25) is 10.0 Å². The van der Waals surface area contributed by atoms with E-state index in [4.69, 9.17) is 27.9 Å². The highest BCUT2D eigenvalue weighted by molar-refractivity contribution is 8.00. The maximum atomic E-state index is 12.3. The number of hydrogen-bond acceptors (Lipinski definition) is 4. The highest BCUT2D eigenvalue weighted by Gasteiger charge is 2.18. The van der Waals surface area contributed by atoms with E-state index in [1.165, 1.54) is 11.8 Å². The number of Topliss-reactive ketones (excluding diaryl/α,β-unsaturated/α-hetero) is 1. The quantitative estimate of drug-likeness (QED) is 0.646. The lowest BCUT2D eigenvalue weighted by Crippen LogP contribution is -2.25. The number of thioether (sulfide) groups is 1. The van der Waals surface area contributed by atoms with Crippen molar-refractivity contribution in [3.63, 3.8) is 0 Å². The molecule has 0 bridgehead atoms. The fourth-order valence-corrected chi connectivity index (χ4v) is 3.68. The van der Waals surface area contributed by atoms with Crippen molar-refractivity contribution in [1.29, 1.82) is 0 Å². The van der Waals surface area contributed by atoms with Gasteiger partial charge in [-0.2, -0.15) is 0 Å². The maximum absolute atomic E-state index is 12.3. The molecule has 0 radical (unpaired) electrons. The molecule has 7 heteroatoms. The van der Waals surface area contributed by atoms with Crippen molar-refractivity contribution >= 4 is 52.3 Å². The summed E-state index contributed by atoms with van der Waals surface area (Å²) in [5, 5.41) is 3.71. The Morgan fingerprint density at radius 2 is 1.96 bits per heavy atom. The van der Waals surface area contributed by atoms with Gasteiger partial charge >= 0.3 is 0 Å². The van der Waals surface area contributed by atoms with Crippen LogP contribution in [0.15, 0.2) is 41.3 Å². The van der Waals surface area contributed by atoms with Crippen LogP contribution < -0.4 is 10.1 Å². The van der Waals surface area contributed by atoms with Crippen LogP contribution in [-0.4, -0.2) is 24.1 Å². The van der Waals surface area contributed by atoms with Gasteiger partial charge < -0.3 is 10.1 Å². The van der Waals surface area contributed by atoms with E-state index in [0.717, 1.165) is 0 Å². The molecule has 1 aliphatic rings. The number of ketones is 1. The molecule has 0 saturated heterocycles. The number of hydrogen-bond donors (Lipinski definition) is 1. The second-order valence-corrected chi connectivity index (χ2v) is 6.61. The second kappa shape index (κ2) is 6.83. The smallest absolute Gasteiger partial charge is 0.262 e. The minimum atomic E-state index is -0.237. The molecule has 2 aromatic rings. The lowest BCUT2D eigenvalue weighted by Gasteiger charge is -2.18. The lowest BCUT2D eigenvalue weighted by atomic mass is 10.1. The molecule has 118 valence electrons. The van der Waals surface area contributed by atoms with Gasteiger partial charge in [0.05, 0.1) is 21.5 Å². The van der Waals surface area contributed by atoms with Crippen molar-refractivity contribution < 1.29 is 14.3 Å². The zero-order valence-electron chi connectivity index (χ0n) is 11.8. The van der Waals surface area contributed by atoms with Gasteiger partial charge in [0.2, 0.25) is 0 Å². The lowest BCUT2D eigenvalue weighted by molar-refractivity contribution is -0.118. The summed E-state index contributed by atoms with van der Waals surface area (Å²) in [4.78, 5) is 24.4. The summed E-state index contributed by atoms with van der Waals surface area (Å²) in [6.45, 7) is -0.0127. The molecule has 0 aliphatic carbocycles. The molecule has 1 heterocycles. The number of amides is 1. The molecule has 4 nitrogen and oxygen atoms in total. The maximum Gasteiger partial charge on any atom is 0.262 e. The molecule has 0 aromatic heterocycles. The number of ether oxygens (including phenoxy) is 1. The Bertz CT molecular complexity index is 775. The van der Waals surface area contributed by atoms with Crippen LogP contribution in [0.1, 0.15) is 10.4 Å². The zero-order chi connectivity index (χ0) is 16.4. The third-order valence-corrected chi connectivity index (χ3v) is 5.19. The average molecular weight is 368 g/mol. The topological polar surface area (TPSA) is 55.4 Å². The Morgan fingerprint density at radius 3 is 2.70 bits per heavy atom. The van der Waals surface area contributed by atoms with E-state index in [1.54, 1.807) is 36.4 Å². The van der Waals surface area contributed by atoms with Crippen LogP contribution in [-0.2, 0) is 4.79 Å². The second-order valence-electron chi connectivity index (χ2n) is 4.81. The summed E-state index contributed by atoms with van der Waals surface area (Å²) < 4.78 is 5.27. The molecule has 2 aromatic carbocycles. The van der Waals surface area contributed by atoms with Crippen LogP contribution in [0.5, 0.6) is 5.75 Å². The van der Waals surface area contributed by atoms with Crippen molar-refractivity contribution in [3.05, 3.63) is 52.0 Å². The monoisotopic (exact) mass is 367 g/mol. The number of benzene rings is 2. The van der Waals surface area contributed by atoms with E-state index in [9.17, 15) is 9.59 Å². The first kappa shape index (κ1) is 16.2. The number of anilines is 1. The summed E-state index contributed by atoms with van der Waals surface area (Å²) >= 11 is 13.5. The largest absolute Gasteiger partial charge is 0.482 e. The Hall–Kier alpha value is -1.69. The molecule has 0 unspecified atom stereocenters. The van der Waals surface area contributed by atoms with Crippen LogP contribution >= 0.6 is 35.0 Å². The van der Waals surface area contributed by atoms with E-state index in [0.29, 0.717) is 31.9 Å². The van der Waals surface area contributed by atoms with Crippen LogP contribution in [0, 0.1) is 0 Å². The normalized spacial score (nSPS) is 13.0. The standard InChI is InChI=1S/C16H11Cl2NO3S/c17-10-2-1-3-11(18)16(10)23-8-13(20)9-4-5-14-12(6-9)19-15(21)7-22-14/h1-6H,7-8H2,(H,19,21). The van der Waals surface area contributed by atoms with Gasteiger partial charge in [0.1, 0.15) is 5.75 Å². The molecule has 1 amide bonds. The minimum absolute atomic E-state index is 0.0127. The van der Waals surface area contributed by atoms with Crippen LogP contribution in [0.4, 0.5) is 5.69 Å².